The molecule has 0 saturated carbocycles. The van der Waals surface area contributed by atoms with Gasteiger partial charge in [0.15, 0.2) is 4.34 Å². The van der Waals surface area contributed by atoms with E-state index in [4.69, 9.17) is 9.84 Å². The van der Waals surface area contributed by atoms with E-state index >= 15 is 0 Å². The molecule has 0 aliphatic rings. The minimum absolute atomic E-state index is 0.309. The Hall–Kier alpha value is -1.53. The molecule has 1 aromatic carbocycles. The molecule has 0 fully saturated rings. The van der Waals surface area contributed by atoms with Crippen molar-refractivity contribution in [1.82, 2.24) is 4.98 Å². The van der Waals surface area contributed by atoms with E-state index in [0.29, 0.717) is 16.3 Å². The lowest BCUT2D eigenvalue weighted by Gasteiger charge is -2.08. The number of nitrogens with zero attached hydrogens (tertiary/aromatic N) is 1. The van der Waals surface area contributed by atoms with Crippen LogP contribution in [0.15, 0.2) is 22.5 Å². The number of benzene rings is 1. The van der Waals surface area contributed by atoms with Crippen molar-refractivity contribution in [3.05, 3.63) is 39.9 Å². The van der Waals surface area contributed by atoms with E-state index in [1.165, 1.54) is 28.7 Å². The molecule has 4 nitrogen and oxygen atoms in total. The third-order valence-electron chi connectivity index (χ3n) is 2.76. The van der Waals surface area contributed by atoms with E-state index in [1.807, 2.05) is 19.1 Å². The van der Waals surface area contributed by atoms with Crippen LogP contribution >= 0.6 is 23.1 Å². The van der Waals surface area contributed by atoms with E-state index in [9.17, 15) is 4.79 Å². The zero-order valence-electron chi connectivity index (χ0n) is 11.5. The molecule has 2 rings (SSSR count). The third-order valence-corrected chi connectivity index (χ3v) is 5.10. The van der Waals surface area contributed by atoms with Gasteiger partial charge in [-0.25, -0.2) is 9.78 Å². The maximum atomic E-state index is 11.0. The van der Waals surface area contributed by atoms with Gasteiger partial charge >= 0.3 is 5.97 Å². The first-order chi connectivity index (χ1) is 9.51. The summed E-state index contributed by atoms with van der Waals surface area (Å²) in [5.41, 5.74) is 2.83. The molecule has 1 heterocycles. The molecule has 106 valence electrons. The van der Waals surface area contributed by atoms with E-state index < -0.39 is 5.97 Å². The summed E-state index contributed by atoms with van der Waals surface area (Å²) >= 11 is 2.74. The molecule has 1 aromatic heterocycles. The van der Waals surface area contributed by atoms with Crippen LogP contribution < -0.4 is 4.74 Å². The summed E-state index contributed by atoms with van der Waals surface area (Å²) in [6, 6.07) is 6.02. The molecule has 20 heavy (non-hydrogen) atoms. The second kappa shape index (κ2) is 6.28. The normalized spacial score (nSPS) is 10.6. The van der Waals surface area contributed by atoms with Gasteiger partial charge in [0.25, 0.3) is 0 Å². The number of carboxylic acids is 1. The van der Waals surface area contributed by atoms with Gasteiger partial charge in [0.05, 0.1) is 12.8 Å². The molecule has 1 N–H and O–H groups in total. The van der Waals surface area contributed by atoms with E-state index in [0.717, 1.165) is 15.7 Å². The second-order valence-electron chi connectivity index (χ2n) is 4.30. The summed E-state index contributed by atoms with van der Waals surface area (Å²) in [7, 11) is 1.65. The number of rotatable bonds is 5. The van der Waals surface area contributed by atoms with Crippen LogP contribution in [-0.2, 0) is 5.75 Å². The maximum Gasteiger partial charge on any atom is 0.347 e. The van der Waals surface area contributed by atoms with E-state index in [-0.39, 0.29) is 0 Å². The highest BCUT2D eigenvalue weighted by molar-refractivity contribution is 8.00. The fraction of sp³-hybridized carbons (Fsp3) is 0.286. The fourth-order valence-electron chi connectivity index (χ4n) is 1.79. The standard InChI is InChI=1S/C14H15NO3S2/c1-8-4-5-11(18-3)10(6-8)7-19-14-15-9(2)12(20-14)13(16)17/h4-6H,7H2,1-3H3,(H,16,17). The molecule has 2 aromatic rings. The molecule has 0 bridgehead atoms. The molecule has 0 spiro atoms. The Morgan fingerprint density at radius 3 is 2.80 bits per heavy atom. The van der Waals surface area contributed by atoms with Crippen molar-refractivity contribution in [2.24, 2.45) is 0 Å². The Kier molecular flexibility index (Phi) is 4.67. The van der Waals surface area contributed by atoms with Gasteiger partial charge in [0.1, 0.15) is 10.6 Å². The van der Waals surface area contributed by atoms with Crippen LogP contribution in [0.1, 0.15) is 26.5 Å². The first-order valence-electron chi connectivity index (χ1n) is 5.98. The smallest absolute Gasteiger partial charge is 0.347 e. The van der Waals surface area contributed by atoms with Gasteiger partial charge in [0.2, 0.25) is 0 Å². The molecule has 6 heteroatoms. The van der Waals surface area contributed by atoms with Gasteiger partial charge in [-0.15, -0.1) is 11.3 Å². The lowest BCUT2D eigenvalue weighted by atomic mass is 10.1. The highest BCUT2D eigenvalue weighted by Gasteiger charge is 2.14. The van der Waals surface area contributed by atoms with Crippen molar-refractivity contribution in [2.45, 2.75) is 23.9 Å². The van der Waals surface area contributed by atoms with Crippen LogP contribution in [0.4, 0.5) is 0 Å². The Morgan fingerprint density at radius 1 is 1.45 bits per heavy atom. The first-order valence-corrected chi connectivity index (χ1v) is 7.78. The van der Waals surface area contributed by atoms with E-state index in [2.05, 4.69) is 11.1 Å². The zero-order valence-corrected chi connectivity index (χ0v) is 13.1. The predicted octanol–water partition coefficient (Wildman–Crippen LogP) is 3.76. The SMILES string of the molecule is COc1ccc(C)cc1CSc1nc(C)c(C(=O)O)s1. The minimum Gasteiger partial charge on any atom is -0.496 e. The fourth-order valence-corrected chi connectivity index (χ4v) is 3.80. The summed E-state index contributed by atoms with van der Waals surface area (Å²) < 4.78 is 6.10. The van der Waals surface area contributed by atoms with Crippen LogP contribution in [0, 0.1) is 13.8 Å². The molecule has 0 amide bonds. The summed E-state index contributed by atoms with van der Waals surface area (Å²) in [5, 5.41) is 9.02. The zero-order chi connectivity index (χ0) is 14.7. The molecule has 0 unspecified atom stereocenters. The number of aromatic nitrogens is 1. The number of ether oxygens (including phenoxy) is 1. The summed E-state index contributed by atoms with van der Waals surface area (Å²) in [4.78, 5) is 15.6. The molecular formula is C14H15NO3S2. The lowest BCUT2D eigenvalue weighted by molar-refractivity contribution is 0.0701. The number of thiazole rings is 1. The monoisotopic (exact) mass is 309 g/mol. The number of hydrogen-bond donors (Lipinski definition) is 1. The molecular weight excluding hydrogens is 294 g/mol. The van der Waals surface area contributed by atoms with Gasteiger partial charge in [-0.3, -0.25) is 0 Å². The molecule has 0 atom stereocenters. The molecule has 0 aliphatic heterocycles. The number of hydrogen-bond acceptors (Lipinski definition) is 5. The van der Waals surface area contributed by atoms with Gasteiger partial charge < -0.3 is 9.84 Å². The van der Waals surface area contributed by atoms with Crippen molar-refractivity contribution in [3.63, 3.8) is 0 Å². The Labute approximate surface area is 125 Å². The molecule has 0 saturated heterocycles. The minimum atomic E-state index is -0.917. The number of aromatic carboxylic acids is 1. The molecule has 0 aliphatic carbocycles. The number of carboxylic acid groups (broad SMARTS) is 1. The topological polar surface area (TPSA) is 59.4 Å². The van der Waals surface area contributed by atoms with Gasteiger partial charge in [-0.1, -0.05) is 29.5 Å². The van der Waals surface area contributed by atoms with Crippen LogP contribution in [0.25, 0.3) is 0 Å². The summed E-state index contributed by atoms with van der Waals surface area (Å²) in [6.07, 6.45) is 0. The Balaban J connectivity index is 2.14. The van der Waals surface area contributed by atoms with Gasteiger partial charge in [-0.2, -0.15) is 0 Å². The summed E-state index contributed by atoms with van der Waals surface area (Å²) in [6.45, 7) is 3.75. The highest BCUT2D eigenvalue weighted by Crippen LogP contribution is 2.32. The van der Waals surface area contributed by atoms with Crippen LogP contribution in [0.2, 0.25) is 0 Å². The average Bonchev–Trinajstić information content (AvgIpc) is 2.78. The van der Waals surface area contributed by atoms with Crippen LogP contribution in [-0.4, -0.2) is 23.2 Å². The predicted molar refractivity (Wildman–Crippen MR) is 81.1 cm³/mol. The second-order valence-corrected chi connectivity index (χ2v) is 6.52. The molecule has 0 radical (unpaired) electrons. The number of aryl methyl sites for hydroxylation is 2. The first kappa shape index (κ1) is 14.9. The Morgan fingerprint density at radius 2 is 2.20 bits per heavy atom. The van der Waals surface area contributed by atoms with Crippen molar-refractivity contribution in [1.29, 1.82) is 0 Å². The van der Waals surface area contributed by atoms with Crippen molar-refractivity contribution >= 4 is 29.1 Å². The van der Waals surface area contributed by atoms with Crippen molar-refractivity contribution in [3.8, 4) is 5.75 Å². The largest absolute Gasteiger partial charge is 0.496 e. The number of carbonyl (C=O) groups is 1. The number of methoxy groups -OCH3 is 1. The van der Waals surface area contributed by atoms with Gasteiger partial charge in [0, 0.05) is 11.3 Å². The van der Waals surface area contributed by atoms with E-state index in [1.54, 1.807) is 14.0 Å². The Bertz CT molecular complexity index is 637. The average molecular weight is 309 g/mol. The van der Waals surface area contributed by atoms with Crippen molar-refractivity contribution < 1.29 is 14.6 Å². The lowest BCUT2D eigenvalue weighted by Crippen LogP contribution is -1.94. The van der Waals surface area contributed by atoms with Crippen molar-refractivity contribution in [2.75, 3.05) is 7.11 Å². The summed E-state index contributed by atoms with van der Waals surface area (Å²) in [5.74, 6) is 0.631. The maximum absolute atomic E-state index is 11.0. The quantitative estimate of drug-likeness (QED) is 0.852. The third kappa shape index (κ3) is 3.32. The van der Waals surface area contributed by atoms with Gasteiger partial charge in [-0.05, 0) is 19.9 Å². The van der Waals surface area contributed by atoms with Crippen LogP contribution in [0.5, 0.6) is 5.75 Å². The highest BCUT2D eigenvalue weighted by atomic mass is 32.2. The number of thioether (sulfide) groups is 1. The van der Waals surface area contributed by atoms with Crippen LogP contribution in [0.3, 0.4) is 0 Å².